The van der Waals surface area contributed by atoms with Gasteiger partial charge < -0.3 is 10.5 Å². The molecule has 0 unspecified atom stereocenters. The molecule has 0 heterocycles. The summed E-state index contributed by atoms with van der Waals surface area (Å²) in [4.78, 5) is 0. The molecule has 1 aromatic carbocycles. The van der Waals surface area contributed by atoms with Gasteiger partial charge in [-0.05, 0) is 43.5 Å². The van der Waals surface area contributed by atoms with E-state index in [9.17, 15) is 0 Å². The van der Waals surface area contributed by atoms with Crippen molar-refractivity contribution in [2.24, 2.45) is 5.73 Å². The van der Waals surface area contributed by atoms with Crippen LogP contribution in [0, 0.1) is 6.92 Å². The van der Waals surface area contributed by atoms with Crippen LogP contribution in [0.25, 0.3) is 0 Å². The molecule has 0 aliphatic rings. The topological polar surface area (TPSA) is 35.2 Å². The van der Waals surface area contributed by atoms with Gasteiger partial charge in [0.2, 0.25) is 0 Å². The van der Waals surface area contributed by atoms with Crippen molar-refractivity contribution in [2.75, 3.05) is 13.7 Å². The molecule has 0 aromatic heterocycles. The third kappa shape index (κ3) is 2.74. The molecule has 0 aliphatic heterocycles. The first-order valence-corrected chi connectivity index (χ1v) is 4.61. The molecule has 2 nitrogen and oxygen atoms in total. The first-order chi connectivity index (χ1) is 6.27. The first-order valence-electron chi connectivity index (χ1n) is 4.61. The number of aryl methyl sites for hydroxylation is 2. The molecule has 0 atom stereocenters. The minimum atomic E-state index is 0.755. The van der Waals surface area contributed by atoms with Gasteiger partial charge in [0.15, 0.2) is 0 Å². The fourth-order valence-electron chi connectivity index (χ4n) is 1.40. The van der Waals surface area contributed by atoms with Crippen LogP contribution < -0.4 is 10.5 Å². The van der Waals surface area contributed by atoms with Gasteiger partial charge in [-0.1, -0.05) is 12.1 Å². The standard InChI is InChI=1S/C11H17NO/c1-9-8-10(4-3-7-12)5-6-11(9)13-2/h5-6,8H,3-4,7,12H2,1-2H3. The van der Waals surface area contributed by atoms with Gasteiger partial charge >= 0.3 is 0 Å². The number of benzene rings is 1. The summed E-state index contributed by atoms with van der Waals surface area (Å²) in [5.74, 6) is 0.955. The fraction of sp³-hybridized carbons (Fsp3) is 0.455. The van der Waals surface area contributed by atoms with Crippen molar-refractivity contribution in [3.05, 3.63) is 29.3 Å². The van der Waals surface area contributed by atoms with E-state index in [0.29, 0.717) is 0 Å². The Labute approximate surface area is 79.7 Å². The summed E-state index contributed by atoms with van der Waals surface area (Å²) < 4.78 is 5.18. The monoisotopic (exact) mass is 179 g/mol. The molecule has 2 N–H and O–H groups in total. The van der Waals surface area contributed by atoms with E-state index in [1.54, 1.807) is 7.11 Å². The van der Waals surface area contributed by atoms with Crippen molar-refractivity contribution in [3.8, 4) is 5.75 Å². The molecule has 1 aromatic rings. The summed E-state index contributed by atoms with van der Waals surface area (Å²) in [7, 11) is 1.70. The summed E-state index contributed by atoms with van der Waals surface area (Å²) >= 11 is 0. The fourth-order valence-corrected chi connectivity index (χ4v) is 1.40. The van der Waals surface area contributed by atoms with E-state index in [2.05, 4.69) is 19.1 Å². The predicted molar refractivity (Wildman–Crippen MR) is 55.1 cm³/mol. The van der Waals surface area contributed by atoms with Gasteiger partial charge in [0.25, 0.3) is 0 Å². The Kier molecular flexibility index (Phi) is 3.77. The summed E-state index contributed by atoms with van der Waals surface area (Å²) in [5.41, 5.74) is 7.97. The van der Waals surface area contributed by atoms with E-state index >= 15 is 0 Å². The zero-order valence-corrected chi connectivity index (χ0v) is 8.34. The van der Waals surface area contributed by atoms with Crippen LogP contribution >= 0.6 is 0 Å². The second-order valence-corrected chi connectivity index (χ2v) is 3.20. The molecular formula is C11H17NO. The Morgan fingerprint density at radius 3 is 2.69 bits per heavy atom. The molecule has 0 amide bonds. The highest BCUT2D eigenvalue weighted by atomic mass is 16.5. The van der Waals surface area contributed by atoms with E-state index in [4.69, 9.17) is 10.5 Å². The smallest absolute Gasteiger partial charge is 0.121 e. The van der Waals surface area contributed by atoms with E-state index < -0.39 is 0 Å². The number of methoxy groups -OCH3 is 1. The molecule has 0 saturated carbocycles. The van der Waals surface area contributed by atoms with Gasteiger partial charge in [0.1, 0.15) is 5.75 Å². The number of ether oxygens (including phenoxy) is 1. The molecule has 0 aliphatic carbocycles. The molecule has 0 saturated heterocycles. The Balaban J connectivity index is 2.71. The third-order valence-corrected chi connectivity index (χ3v) is 2.13. The lowest BCUT2D eigenvalue weighted by molar-refractivity contribution is 0.411. The highest BCUT2D eigenvalue weighted by molar-refractivity contribution is 5.36. The van der Waals surface area contributed by atoms with Gasteiger partial charge in [-0.3, -0.25) is 0 Å². The van der Waals surface area contributed by atoms with Crippen molar-refractivity contribution in [1.29, 1.82) is 0 Å². The molecular weight excluding hydrogens is 162 g/mol. The Morgan fingerprint density at radius 2 is 2.15 bits per heavy atom. The summed E-state index contributed by atoms with van der Waals surface area (Å²) in [6.45, 7) is 2.82. The molecule has 0 bridgehead atoms. The van der Waals surface area contributed by atoms with E-state index in [1.165, 1.54) is 11.1 Å². The maximum atomic E-state index is 5.45. The summed E-state index contributed by atoms with van der Waals surface area (Å²) in [6, 6.07) is 6.27. The Hall–Kier alpha value is -1.02. The van der Waals surface area contributed by atoms with Crippen LogP contribution in [-0.4, -0.2) is 13.7 Å². The lowest BCUT2D eigenvalue weighted by Gasteiger charge is -2.06. The Morgan fingerprint density at radius 1 is 1.38 bits per heavy atom. The molecule has 13 heavy (non-hydrogen) atoms. The molecule has 2 heteroatoms. The Bertz CT molecular complexity index is 271. The number of rotatable bonds is 4. The van der Waals surface area contributed by atoms with Crippen molar-refractivity contribution >= 4 is 0 Å². The number of hydrogen-bond acceptors (Lipinski definition) is 2. The average Bonchev–Trinajstić information content (AvgIpc) is 2.15. The highest BCUT2D eigenvalue weighted by Gasteiger charge is 1.98. The minimum absolute atomic E-state index is 0.755. The van der Waals surface area contributed by atoms with Crippen LogP contribution in [0.5, 0.6) is 5.75 Å². The normalized spacial score (nSPS) is 10.1. The van der Waals surface area contributed by atoms with Crippen LogP contribution in [0.2, 0.25) is 0 Å². The van der Waals surface area contributed by atoms with Crippen LogP contribution in [0.4, 0.5) is 0 Å². The van der Waals surface area contributed by atoms with Gasteiger partial charge in [-0.2, -0.15) is 0 Å². The zero-order valence-electron chi connectivity index (χ0n) is 8.34. The average molecular weight is 179 g/mol. The maximum absolute atomic E-state index is 5.45. The van der Waals surface area contributed by atoms with Crippen molar-refractivity contribution in [1.82, 2.24) is 0 Å². The number of hydrogen-bond donors (Lipinski definition) is 1. The SMILES string of the molecule is COc1ccc(CCCN)cc1C. The molecule has 0 radical (unpaired) electrons. The summed E-state index contributed by atoms with van der Waals surface area (Å²) in [5, 5.41) is 0. The number of nitrogens with two attached hydrogens (primary N) is 1. The van der Waals surface area contributed by atoms with Gasteiger partial charge in [-0.15, -0.1) is 0 Å². The lowest BCUT2D eigenvalue weighted by Crippen LogP contribution is -2.00. The zero-order chi connectivity index (χ0) is 9.68. The highest BCUT2D eigenvalue weighted by Crippen LogP contribution is 2.18. The second-order valence-electron chi connectivity index (χ2n) is 3.20. The van der Waals surface area contributed by atoms with Gasteiger partial charge in [0, 0.05) is 0 Å². The van der Waals surface area contributed by atoms with Crippen LogP contribution in [0.3, 0.4) is 0 Å². The summed E-state index contributed by atoms with van der Waals surface area (Å²) in [6.07, 6.45) is 2.10. The largest absolute Gasteiger partial charge is 0.496 e. The molecule has 72 valence electrons. The lowest BCUT2D eigenvalue weighted by atomic mass is 10.1. The van der Waals surface area contributed by atoms with Crippen LogP contribution in [0.1, 0.15) is 17.5 Å². The van der Waals surface area contributed by atoms with E-state index in [-0.39, 0.29) is 0 Å². The van der Waals surface area contributed by atoms with Gasteiger partial charge in [-0.25, -0.2) is 0 Å². The first kappa shape index (κ1) is 10.1. The van der Waals surface area contributed by atoms with Gasteiger partial charge in [0.05, 0.1) is 7.11 Å². The van der Waals surface area contributed by atoms with Crippen LogP contribution in [0.15, 0.2) is 18.2 Å². The van der Waals surface area contributed by atoms with Crippen molar-refractivity contribution in [3.63, 3.8) is 0 Å². The molecule has 0 fully saturated rings. The van der Waals surface area contributed by atoms with E-state index in [1.807, 2.05) is 6.07 Å². The van der Waals surface area contributed by atoms with E-state index in [0.717, 1.165) is 25.1 Å². The molecule has 1 rings (SSSR count). The van der Waals surface area contributed by atoms with Crippen molar-refractivity contribution in [2.45, 2.75) is 19.8 Å². The van der Waals surface area contributed by atoms with Crippen LogP contribution in [-0.2, 0) is 6.42 Å². The second kappa shape index (κ2) is 4.87. The third-order valence-electron chi connectivity index (χ3n) is 2.13. The molecule has 0 spiro atoms. The minimum Gasteiger partial charge on any atom is -0.496 e. The maximum Gasteiger partial charge on any atom is 0.121 e. The quantitative estimate of drug-likeness (QED) is 0.766. The van der Waals surface area contributed by atoms with Crippen molar-refractivity contribution < 1.29 is 4.74 Å². The predicted octanol–water partition coefficient (Wildman–Crippen LogP) is 1.89.